The van der Waals surface area contributed by atoms with Crippen molar-refractivity contribution in [2.45, 2.75) is 6.18 Å². The van der Waals surface area contributed by atoms with Gasteiger partial charge in [-0.1, -0.05) is 0 Å². The van der Waals surface area contributed by atoms with Crippen LogP contribution in [-0.4, -0.2) is 9.97 Å². The Hall–Kier alpha value is -1.91. The van der Waals surface area contributed by atoms with Crippen molar-refractivity contribution < 1.29 is 13.2 Å². The number of pyridine rings is 2. The van der Waals surface area contributed by atoms with E-state index in [-0.39, 0.29) is 0 Å². The highest BCUT2D eigenvalue weighted by atomic mass is 19.4. The van der Waals surface area contributed by atoms with E-state index in [9.17, 15) is 13.2 Å². The summed E-state index contributed by atoms with van der Waals surface area (Å²) in [6.45, 7) is 0. The smallest absolute Gasteiger partial charge is 0.256 e. The normalized spacial score (nSPS) is 11.4. The summed E-state index contributed by atoms with van der Waals surface area (Å²) in [5, 5.41) is 0. The molecule has 0 saturated carbocycles. The molecule has 0 aliphatic heterocycles. The molecule has 0 aliphatic rings. The number of hydrogen-bond acceptors (Lipinski definition) is 2. The molecule has 2 heterocycles. The lowest BCUT2D eigenvalue weighted by molar-refractivity contribution is -0.141. The van der Waals surface area contributed by atoms with Crippen LogP contribution < -0.4 is 0 Å². The lowest BCUT2D eigenvalue weighted by atomic mass is 10.2. The molecule has 5 heteroatoms. The molecule has 0 spiro atoms. The van der Waals surface area contributed by atoms with Gasteiger partial charge in [-0.2, -0.15) is 13.2 Å². The average Bonchev–Trinajstić information content (AvgIpc) is 2.29. The van der Waals surface area contributed by atoms with Gasteiger partial charge in [-0.05, 0) is 30.3 Å². The van der Waals surface area contributed by atoms with E-state index in [1.54, 1.807) is 12.1 Å². The lowest BCUT2D eigenvalue weighted by Gasteiger charge is -2.05. The highest BCUT2D eigenvalue weighted by Crippen LogP contribution is 2.28. The van der Waals surface area contributed by atoms with Crippen LogP contribution in [0.15, 0.2) is 36.7 Å². The molecule has 1 radical (unpaired) electrons. The molecule has 0 bridgehead atoms. The Morgan fingerprint density at radius 3 is 2.44 bits per heavy atom. The fraction of sp³-hybridized carbons (Fsp3) is 0.0909. The van der Waals surface area contributed by atoms with Crippen LogP contribution in [0.2, 0.25) is 0 Å². The predicted octanol–water partition coefficient (Wildman–Crippen LogP) is 2.96. The molecule has 16 heavy (non-hydrogen) atoms. The Morgan fingerprint density at radius 1 is 1.12 bits per heavy atom. The van der Waals surface area contributed by atoms with Gasteiger partial charge < -0.3 is 0 Å². The summed E-state index contributed by atoms with van der Waals surface area (Å²) >= 11 is 0. The summed E-state index contributed by atoms with van der Waals surface area (Å²) < 4.78 is 36.7. The number of halogens is 3. The number of hydrogen-bond donors (Lipinski definition) is 0. The first kappa shape index (κ1) is 10.6. The third-order valence-electron chi connectivity index (χ3n) is 1.95. The average molecular weight is 223 g/mol. The first-order valence-corrected chi connectivity index (χ1v) is 4.43. The van der Waals surface area contributed by atoms with Gasteiger partial charge in [-0.15, -0.1) is 0 Å². The van der Waals surface area contributed by atoms with Gasteiger partial charge in [-0.25, -0.2) is 0 Å². The quantitative estimate of drug-likeness (QED) is 0.742. The number of nitrogens with zero attached hydrogens (tertiary/aromatic N) is 2. The number of aromatic nitrogens is 2. The van der Waals surface area contributed by atoms with Crippen LogP contribution in [0.3, 0.4) is 0 Å². The predicted molar refractivity (Wildman–Crippen MR) is 51.3 cm³/mol. The van der Waals surface area contributed by atoms with E-state index in [1.807, 2.05) is 0 Å². The molecule has 2 aromatic rings. The fourth-order valence-electron chi connectivity index (χ4n) is 1.20. The van der Waals surface area contributed by atoms with Crippen molar-refractivity contribution in [3.63, 3.8) is 0 Å². The highest BCUT2D eigenvalue weighted by molar-refractivity contribution is 5.57. The molecule has 0 unspecified atom stereocenters. The van der Waals surface area contributed by atoms with Gasteiger partial charge in [0.05, 0.1) is 5.69 Å². The second-order valence-corrected chi connectivity index (χ2v) is 3.07. The van der Waals surface area contributed by atoms with E-state index < -0.39 is 11.9 Å². The molecule has 0 aliphatic carbocycles. The van der Waals surface area contributed by atoms with Gasteiger partial charge >= 0.3 is 6.18 Å². The van der Waals surface area contributed by atoms with Crippen molar-refractivity contribution in [3.8, 4) is 11.3 Å². The maximum Gasteiger partial charge on any atom is 0.433 e. The van der Waals surface area contributed by atoms with Crippen LogP contribution in [0.25, 0.3) is 11.3 Å². The third-order valence-corrected chi connectivity index (χ3v) is 1.95. The van der Waals surface area contributed by atoms with Crippen molar-refractivity contribution in [1.82, 2.24) is 9.97 Å². The van der Waals surface area contributed by atoms with E-state index >= 15 is 0 Å². The third kappa shape index (κ3) is 2.18. The molecule has 0 atom stereocenters. The van der Waals surface area contributed by atoms with Gasteiger partial charge in [-0.3, -0.25) is 9.97 Å². The van der Waals surface area contributed by atoms with E-state index in [0.29, 0.717) is 11.3 Å². The van der Waals surface area contributed by atoms with Crippen LogP contribution in [0, 0.1) is 6.07 Å². The summed E-state index contributed by atoms with van der Waals surface area (Å²) in [6.07, 6.45) is -1.74. The monoisotopic (exact) mass is 223 g/mol. The van der Waals surface area contributed by atoms with Crippen LogP contribution in [0.5, 0.6) is 0 Å². The molecule has 0 fully saturated rings. The Balaban J connectivity index is 2.34. The molecule has 2 rings (SSSR count). The number of alkyl halides is 3. The molecule has 0 amide bonds. The molecule has 2 nitrogen and oxygen atoms in total. The van der Waals surface area contributed by atoms with Crippen molar-refractivity contribution in [2.75, 3.05) is 0 Å². The Bertz CT molecular complexity index is 463. The summed E-state index contributed by atoms with van der Waals surface area (Å²) in [7, 11) is 0. The zero-order valence-corrected chi connectivity index (χ0v) is 7.99. The molecular formula is C11H6F3N2. The fourth-order valence-corrected chi connectivity index (χ4v) is 1.20. The van der Waals surface area contributed by atoms with Crippen molar-refractivity contribution >= 4 is 0 Å². The Kier molecular flexibility index (Phi) is 2.60. The second-order valence-electron chi connectivity index (χ2n) is 3.07. The van der Waals surface area contributed by atoms with E-state index in [2.05, 4.69) is 16.0 Å². The summed E-state index contributed by atoms with van der Waals surface area (Å²) in [5.41, 5.74) is 0.171. The first-order valence-electron chi connectivity index (χ1n) is 4.43. The first-order chi connectivity index (χ1) is 7.57. The molecule has 81 valence electrons. The van der Waals surface area contributed by atoms with Gasteiger partial charge in [0.25, 0.3) is 0 Å². The van der Waals surface area contributed by atoms with E-state index in [1.165, 1.54) is 12.3 Å². The minimum Gasteiger partial charge on any atom is -0.256 e. The summed E-state index contributed by atoms with van der Waals surface area (Å²) in [5.74, 6) is 0. The summed E-state index contributed by atoms with van der Waals surface area (Å²) in [4.78, 5) is 7.34. The van der Waals surface area contributed by atoms with Crippen molar-refractivity contribution in [2.24, 2.45) is 0 Å². The second kappa shape index (κ2) is 3.92. The lowest BCUT2D eigenvalue weighted by Crippen LogP contribution is -2.07. The van der Waals surface area contributed by atoms with Crippen LogP contribution in [0.4, 0.5) is 13.2 Å². The van der Waals surface area contributed by atoms with Gasteiger partial charge in [0.2, 0.25) is 0 Å². The zero-order valence-electron chi connectivity index (χ0n) is 7.99. The number of rotatable bonds is 1. The van der Waals surface area contributed by atoms with E-state index in [4.69, 9.17) is 0 Å². The SMILES string of the molecule is FC(F)(F)c1ccc(-c2c[c]ccn2)cn1. The van der Waals surface area contributed by atoms with Crippen LogP contribution >= 0.6 is 0 Å². The Labute approximate surface area is 89.8 Å². The maximum absolute atomic E-state index is 12.2. The molecule has 0 N–H and O–H groups in total. The molecule has 0 aromatic carbocycles. The standard InChI is InChI=1S/C11H6F3N2/c12-11(13,14)10-5-4-8(7-16-10)9-3-1-2-6-15-9/h2-7H. The van der Waals surface area contributed by atoms with E-state index in [0.717, 1.165) is 12.3 Å². The largest absolute Gasteiger partial charge is 0.433 e. The zero-order chi connectivity index (χ0) is 11.6. The topological polar surface area (TPSA) is 25.8 Å². The van der Waals surface area contributed by atoms with Crippen molar-refractivity contribution in [3.05, 3.63) is 48.4 Å². The van der Waals surface area contributed by atoms with Crippen molar-refractivity contribution in [1.29, 1.82) is 0 Å². The Morgan fingerprint density at radius 2 is 1.94 bits per heavy atom. The van der Waals surface area contributed by atoms with Gasteiger partial charge in [0.1, 0.15) is 5.69 Å². The molecular weight excluding hydrogens is 217 g/mol. The molecule has 0 saturated heterocycles. The summed E-state index contributed by atoms with van der Waals surface area (Å²) in [6, 6.07) is 8.27. The minimum absolute atomic E-state index is 0.532. The van der Waals surface area contributed by atoms with Gasteiger partial charge in [0, 0.05) is 18.0 Å². The van der Waals surface area contributed by atoms with Crippen LogP contribution in [0.1, 0.15) is 5.69 Å². The molecule has 2 aromatic heterocycles. The maximum atomic E-state index is 12.2. The minimum atomic E-state index is -4.41. The highest BCUT2D eigenvalue weighted by Gasteiger charge is 2.32. The van der Waals surface area contributed by atoms with Crippen LogP contribution in [-0.2, 0) is 6.18 Å². The van der Waals surface area contributed by atoms with Gasteiger partial charge in [0.15, 0.2) is 0 Å².